The number of aryl methyl sites for hydroxylation is 1. The number of nitrogens with zero attached hydrogens (tertiary/aromatic N) is 1. The minimum Gasteiger partial charge on any atom is -0.241 e. The molecule has 0 saturated heterocycles. The highest BCUT2D eigenvalue weighted by molar-refractivity contribution is 7.10. The molecule has 1 aromatic carbocycles. The second kappa shape index (κ2) is 4.34. The lowest BCUT2D eigenvalue weighted by Gasteiger charge is -2.00. The van der Waals surface area contributed by atoms with Crippen molar-refractivity contribution in [3.63, 3.8) is 0 Å². The van der Waals surface area contributed by atoms with Crippen molar-refractivity contribution in [3.05, 3.63) is 40.0 Å². The van der Waals surface area contributed by atoms with E-state index in [0.29, 0.717) is 11.5 Å². The van der Waals surface area contributed by atoms with E-state index in [-0.39, 0.29) is 5.82 Å². The van der Waals surface area contributed by atoms with Crippen molar-refractivity contribution in [2.45, 2.75) is 26.7 Å². The maximum absolute atomic E-state index is 13.1. The van der Waals surface area contributed by atoms with Crippen molar-refractivity contribution in [1.29, 1.82) is 0 Å². The molecule has 2 aromatic rings. The summed E-state index contributed by atoms with van der Waals surface area (Å²) in [4.78, 5) is 4.55. The fourth-order valence-corrected chi connectivity index (χ4v) is 2.33. The van der Waals surface area contributed by atoms with Gasteiger partial charge >= 0.3 is 0 Å². The van der Waals surface area contributed by atoms with Crippen molar-refractivity contribution in [3.8, 4) is 11.3 Å². The molecule has 3 heteroatoms. The van der Waals surface area contributed by atoms with E-state index in [0.717, 1.165) is 16.3 Å². The molecule has 1 aromatic heterocycles. The summed E-state index contributed by atoms with van der Waals surface area (Å²) in [5.41, 5.74) is 2.59. The molecule has 0 bridgehead atoms. The van der Waals surface area contributed by atoms with Crippen molar-refractivity contribution in [2.24, 2.45) is 0 Å². The Balaban J connectivity index is 2.39. The van der Waals surface area contributed by atoms with E-state index in [9.17, 15) is 4.39 Å². The summed E-state index contributed by atoms with van der Waals surface area (Å²) >= 11 is 1.66. The number of thiazole rings is 1. The van der Waals surface area contributed by atoms with Gasteiger partial charge in [-0.1, -0.05) is 13.8 Å². The monoisotopic (exact) mass is 235 g/mol. The molecular formula is C13H14FNS. The van der Waals surface area contributed by atoms with Gasteiger partial charge in [-0.2, -0.15) is 0 Å². The topological polar surface area (TPSA) is 12.9 Å². The highest BCUT2D eigenvalue weighted by Crippen LogP contribution is 2.27. The molecule has 16 heavy (non-hydrogen) atoms. The summed E-state index contributed by atoms with van der Waals surface area (Å²) in [6.45, 7) is 6.02. The Bertz CT molecular complexity index is 502. The number of benzene rings is 1. The minimum atomic E-state index is -0.164. The molecule has 0 unspecified atom stereocenters. The smallest absolute Gasteiger partial charge is 0.126 e. The summed E-state index contributed by atoms with van der Waals surface area (Å²) in [5.74, 6) is 0.281. The van der Waals surface area contributed by atoms with Crippen LogP contribution in [0, 0.1) is 12.7 Å². The van der Waals surface area contributed by atoms with Crippen LogP contribution in [-0.2, 0) is 0 Å². The molecule has 0 aliphatic heterocycles. The van der Waals surface area contributed by atoms with Crippen molar-refractivity contribution in [1.82, 2.24) is 4.98 Å². The van der Waals surface area contributed by atoms with Gasteiger partial charge < -0.3 is 0 Å². The predicted molar refractivity (Wildman–Crippen MR) is 66.3 cm³/mol. The lowest BCUT2D eigenvalue weighted by atomic mass is 10.1. The molecule has 1 nitrogen and oxygen atoms in total. The first-order valence-corrected chi connectivity index (χ1v) is 6.18. The zero-order valence-electron chi connectivity index (χ0n) is 9.62. The zero-order chi connectivity index (χ0) is 11.7. The van der Waals surface area contributed by atoms with E-state index in [1.165, 1.54) is 6.07 Å². The van der Waals surface area contributed by atoms with E-state index in [2.05, 4.69) is 18.8 Å². The third-order valence-corrected chi connectivity index (χ3v) is 3.61. The highest BCUT2D eigenvalue weighted by Gasteiger charge is 2.08. The Morgan fingerprint density at radius 3 is 2.62 bits per heavy atom. The average molecular weight is 235 g/mol. The van der Waals surface area contributed by atoms with Crippen LogP contribution < -0.4 is 0 Å². The molecule has 0 amide bonds. The molecule has 0 aliphatic rings. The lowest BCUT2D eigenvalue weighted by molar-refractivity contribution is 0.619. The fourth-order valence-electron chi connectivity index (χ4n) is 1.49. The van der Waals surface area contributed by atoms with E-state index < -0.39 is 0 Å². The van der Waals surface area contributed by atoms with Gasteiger partial charge in [-0.05, 0) is 30.7 Å². The second-order valence-corrected chi connectivity index (χ2v) is 5.08. The Labute approximate surface area is 99.0 Å². The normalized spacial score (nSPS) is 11.1. The van der Waals surface area contributed by atoms with Gasteiger partial charge in [-0.3, -0.25) is 0 Å². The van der Waals surface area contributed by atoms with Gasteiger partial charge in [0.2, 0.25) is 0 Å². The van der Waals surface area contributed by atoms with Crippen molar-refractivity contribution >= 4 is 11.3 Å². The number of rotatable bonds is 2. The number of hydrogen-bond acceptors (Lipinski definition) is 2. The predicted octanol–water partition coefficient (Wildman–Crippen LogP) is 4.38. The SMILES string of the molecule is Cc1cc(-c2csc(C(C)C)n2)ccc1F. The van der Waals surface area contributed by atoms with Crippen molar-refractivity contribution in [2.75, 3.05) is 0 Å². The largest absolute Gasteiger partial charge is 0.241 e. The third-order valence-electron chi connectivity index (χ3n) is 2.47. The van der Waals surface area contributed by atoms with Crippen LogP contribution in [0.1, 0.15) is 30.3 Å². The van der Waals surface area contributed by atoms with Crippen molar-refractivity contribution < 1.29 is 4.39 Å². The number of halogens is 1. The van der Waals surface area contributed by atoms with E-state index in [4.69, 9.17) is 0 Å². The molecule has 0 radical (unpaired) electrons. The van der Waals surface area contributed by atoms with Gasteiger partial charge in [0.1, 0.15) is 5.82 Å². The van der Waals surface area contributed by atoms with E-state index in [1.807, 2.05) is 11.4 Å². The van der Waals surface area contributed by atoms with Gasteiger partial charge in [0.15, 0.2) is 0 Å². The third kappa shape index (κ3) is 2.14. The quantitative estimate of drug-likeness (QED) is 0.752. The summed E-state index contributed by atoms with van der Waals surface area (Å²) in [5, 5.41) is 3.15. The zero-order valence-corrected chi connectivity index (χ0v) is 10.4. The van der Waals surface area contributed by atoms with Crippen LogP contribution in [0.5, 0.6) is 0 Å². The van der Waals surface area contributed by atoms with Crippen LogP contribution in [0.15, 0.2) is 23.6 Å². The Kier molecular flexibility index (Phi) is 3.06. The van der Waals surface area contributed by atoms with Crippen LogP contribution in [0.2, 0.25) is 0 Å². The van der Waals surface area contributed by atoms with Crippen LogP contribution >= 0.6 is 11.3 Å². The van der Waals surface area contributed by atoms with Crippen LogP contribution in [0.25, 0.3) is 11.3 Å². The first kappa shape index (κ1) is 11.3. The molecule has 2 rings (SSSR count). The molecule has 0 aliphatic carbocycles. The molecule has 0 atom stereocenters. The first-order chi connectivity index (χ1) is 7.58. The van der Waals surface area contributed by atoms with E-state index >= 15 is 0 Å². The van der Waals surface area contributed by atoms with Gasteiger partial charge in [0, 0.05) is 16.9 Å². The maximum Gasteiger partial charge on any atom is 0.126 e. The molecule has 84 valence electrons. The Morgan fingerprint density at radius 1 is 1.31 bits per heavy atom. The van der Waals surface area contributed by atoms with Gasteiger partial charge in [0.25, 0.3) is 0 Å². The molecular weight excluding hydrogens is 221 g/mol. The molecule has 1 heterocycles. The highest BCUT2D eigenvalue weighted by atomic mass is 32.1. The average Bonchev–Trinajstić information content (AvgIpc) is 2.71. The number of aromatic nitrogens is 1. The lowest BCUT2D eigenvalue weighted by Crippen LogP contribution is -1.87. The fraction of sp³-hybridized carbons (Fsp3) is 0.308. The van der Waals surface area contributed by atoms with Crippen LogP contribution in [-0.4, -0.2) is 4.98 Å². The number of hydrogen-bond donors (Lipinski definition) is 0. The van der Waals surface area contributed by atoms with E-state index in [1.54, 1.807) is 24.3 Å². The Morgan fingerprint density at radius 2 is 2.06 bits per heavy atom. The summed E-state index contributed by atoms with van der Waals surface area (Å²) < 4.78 is 13.1. The van der Waals surface area contributed by atoms with Gasteiger partial charge in [0.05, 0.1) is 10.7 Å². The molecule has 0 N–H and O–H groups in total. The van der Waals surface area contributed by atoms with Crippen LogP contribution in [0.3, 0.4) is 0 Å². The minimum absolute atomic E-state index is 0.164. The summed E-state index contributed by atoms with van der Waals surface area (Å²) in [6.07, 6.45) is 0. The first-order valence-electron chi connectivity index (χ1n) is 5.30. The van der Waals surface area contributed by atoms with Gasteiger partial charge in [-0.25, -0.2) is 9.37 Å². The Hall–Kier alpha value is -1.22. The van der Waals surface area contributed by atoms with Gasteiger partial charge in [-0.15, -0.1) is 11.3 Å². The standard InChI is InChI=1S/C13H14FNS/c1-8(2)13-15-12(7-16-13)10-4-5-11(14)9(3)6-10/h4-8H,1-3H3. The molecule has 0 fully saturated rings. The maximum atomic E-state index is 13.1. The summed E-state index contributed by atoms with van der Waals surface area (Å²) in [7, 11) is 0. The molecule has 0 saturated carbocycles. The van der Waals surface area contributed by atoms with Crippen LogP contribution in [0.4, 0.5) is 4.39 Å². The second-order valence-electron chi connectivity index (χ2n) is 4.19. The molecule has 0 spiro atoms. The summed E-state index contributed by atoms with van der Waals surface area (Å²) in [6, 6.07) is 5.12.